The topological polar surface area (TPSA) is 32.8 Å². The monoisotopic (exact) mass is 250 g/mol. The van der Waals surface area contributed by atoms with Crippen molar-refractivity contribution in [3.8, 4) is 11.8 Å². The molecule has 2 aliphatic rings. The summed E-state index contributed by atoms with van der Waals surface area (Å²) >= 11 is 0. The van der Waals surface area contributed by atoms with E-state index < -0.39 is 0 Å². The van der Waals surface area contributed by atoms with E-state index in [0.717, 1.165) is 25.9 Å². The highest BCUT2D eigenvalue weighted by molar-refractivity contribution is 5.69. The van der Waals surface area contributed by atoms with E-state index in [1.165, 1.54) is 25.9 Å². The molecule has 4 heteroatoms. The van der Waals surface area contributed by atoms with Crippen molar-refractivity contribution < 1.29 is 9.53 Å². The molecule has 1 atom stereocenters. The second-order valence-electron chi connectivity index (χ2n) is 4.85. The van der Waals surface area contributed by atoms with Crippen LogP contribution in [-0.2, 0) is 4.74 Å². The lowest BCUT2D eigenvalue weighted by molar-refractivity contribution is 0.109. The Hall–Kier alpha value is -1.21. The Kier molecular flexibility index (Phi) is 4.89. The van der Waals surface area contributed by atoms with E-state index in [2.05, 4.69) is 16.7 Å². The first-order chi connectivity index (χ1) is 8.81. The summed E-state index contributed by atoms with van der Waals surface area (Å²) in [6, 6.07) is 0.0617. The van der Waals surface area contributed by atoms with Gasteiger partial charge in [-0.2, -0.15) is 0 Å². The molecule has 0 aromatic carbocycles. The van der Waals surface area contributed by atoms with Crippen molar-refractivity contribution in [1.29, 1.82) is 0 Å². The van der Waals surface area contributed by atoms with E-state index >= 15 is 0 Å². The molecule has 0 unspecified atom stereocenters. The Morgan fingerprint density at radius 2 is 2.06 bits per heavy atom. The Bertz CT molecular complexity index is 339. The SMILES string of the molecule is CCOC(=O)N1CCC[C@H]1C#CCN1CCCC1. The Morgan fingerprint density at radius 3 is 2.78 bits per heavy atom. The van der Waals surface area contributed by atoms with E-state index in [1.54, 1.807) is 4.90 Å². The predicted octanol–water partition coefficient (Wildman–Crippen LogP) is 1.71. The first-order valence-electron chi connectivity index (χ1n) is 6.95. The van der Waals surface area contributed by atoms with Gasteiger partial charge in [-0.1, -0.05) is 11.8 Å². The zero-order chi connectivity index (χ0) is 12.8. The molecule has 2 heterocycles. The van der Waals surface area contributed by atoms with Gasteiger partial charge in [0.15, 0.2) is 0 Å². The summed E-state index contributed by atoms with van der Waals surface area (Å²) in [5.74, 6) is 6.45. The molecule has 0 saturated carbocycles. The van der Waals surface area contributed by atoms with Gasteiger partial charge in [0, 0.05) is 6.54 Å². The predicted molar refractivity (Wildman–Crippen MR) is 70.2 cm³/mol. The number of hydrogen-bond donors (Lipinski definition) is 0. The molecule has 0 aromatic heterocycles. The lowest BCUT2D eigenvalue weighted by Crippen LogP contribution is -2.35. The summed E-state index contributed by atoms with van der Waals surface area (Å²) < 4.78 is 5.04. The molecule has 2 fully saturated rings. The molecule has 2 aliphatic heterocycles. The highest BCUT2D eigenvalue weighted by Gasteiger charge is 2.28. The van der Waals surface area contributed by atoms with Gasteiger partial charge in [0.1, 0.15) is 0 Å². The molecule has 2 saturated heterocycles. The van der Waals surface area contributed by atoms with Crippen LogP contribution in [0.4, 0.5) is 4.79 Å². The number of carbonyl (C=O) groups is 1. The van der Waals surface area contributed by atoms with Gasteiger partial charge in [-0.25, -0.2) is 4.79 Å². The third-order valence-electron chi connectivity index (χ3n) is 3.53. The van der Waals surface area contributed by atoms with Gasteiger partial charge in [0.25, 0.3) is 0 Å². The molecule has 1 amide bonds. The van der Waals surface area contributed by atoms with E-state index in [1.807, 2.05) is 6.92 Å². The minimum absolute atomic E-state index is 0.0617. The third kappa shape index (κ3) is 3.39. The fourth-order valence-corrected chi connectivity index (χ4v) is 2.56. The van der Waals surface area contributed by atoms with Crippen LogP contribution in [0.3, 0.4) is 0 Å². The molecule has 0 aromatic rings. The van der Waals surface area contributed by atoms with Crippen molar-refractivity contribution in [2.45, 2.75) is 38.6 Å². The molecule has 0 aliphatic carbocycles. The maximum atomic E-state index is 11.7. The van der Waals surface area contributed by atoms with Crippen LogP contribution in [0.15, 0.2) is 0 Å². The first kappa shape index (κ1) is 13.2. The van der Waals surface area contributed by atoms with E-state index in [4.69, 9.17) is 4.74 Å². The summed E-state index contributed by atoms with van der Waals surface area (Å²) in [7, 11) is 0. The van der Waals surface area contributed by atoms with Crippen LogP contribution >= 0.6 is 0 Å². The van der Waals surface area contributed by atoms with Gasteiger partial charge in [-0.15, -0.1) is 0 Å². The third-order valence-corrected chi connectivity index (χ3v) is 3.53. The Labute approximate surface area is 109 Å². The van der Waals surface area contributed by atoms with E-state index in [0.29, 0.717) is 6.61 Å². The highest BCUT2D eigenvalue weighted by Crippen LogP contribution is 2.17. The number of carbonyl (C=O) groups excluding carboxylic acids is 1. The summed E-state index contributed by atoms with van der Waals surface area (Å²) in [6.07, 6.45) is 4.38. The highest BCUT2D eigenvalue weighted by atomic mass is 16.6. The van der Waals surface area contributed by atoms with E-state index in [-0.39, 0.29) is 12.1 Å². The zero-order valence-electron chi connectivity index (χ0n) is 11.2. The lowest BCUT2D eigenvalue weighted by atomic mass is 10.2. The van der Waals surface area contributed by atoms with Gasteiger partial charge in [0.2, 0.25) is 0 Å². The van der Waals surface area contributed by atoms with Gasteiger partial charge >= 0.3 is 6.09 Å². The second kappa shape index (κ2) is 6.65. The largest absolute Gasteiger partial charge is 0.450 e. The number of hydrogen-bond acceptors (Lipinski definition) is 3. The summed E-state index contributed by atoms with van der Waals surface area (Å²) in [5.41, 5.74) is 0. The van der Waals surface area contributed by atoms with Gasteiger partial charge in [-0.3, -0.25) is 9.80 Å². The zero-order valence-corrected chi connectivity index (χ0v) is 11.2. The number of rotatable bonds is 2. The van der Waals surface area contributed by atoms with Gasteiger partial charge in [0.05, 0.1) is 19.2 Å². The van der Waals surface area contributed by atoms with Crippen LogP contribution in [0.2, 0.25) is 0 Å². The minimum Gasteiger partial charge on any atom is -0.450 e. The summed E-state index contributed by atoms with van der Waals surface area (Å²) in [6.45, 7) is 6.22. The van der Waals surface area contributed by atoms with Crippen LogP contribution < -0.4 is 0 Å². The van der Waals surface area contributed by atoms with Crippen molar-refractivity contribution in [2.24, 2.45) is 0 Å². The average Bonchev–Trinajstić information content (AvgIpc) is 3.00. The Balaban J connectivity index is 1.83. The smallest absolute Gasteiger partial charge is 0.410 e. The molecular formula is C14H22N2O2. The van der Waals surface area contributed by atoms with Gasteiger partial charge < -0.3 is 4.74 Å². The fourth-order valence-electron chi connectivity index (χ4n) is 2.56. The molecule has 4 nitrogen and oxygen atoms in total. The minimum atomic E-state index is -0.213. The molecule has 2 rings (SSSR count). The van der Waals surface area contributed by atoms with Gasteiger partial charge in [-0.05, 0) is 45.7 Å². The standard InChI is InChI=1S/C14H22N2O2/c1-2-18-14(17)16-12-6-8-13(16)7-5-11-15-9-3-4-10-15/h13H,2-4,6,8-12H2,1H3/t13-/m1/s1. The van der Waals surface area contributed by atoms with Crippen molar-refractivity contribution in [3.63, 3.8) is 0 Å². The fraction of sp³-hybridized carbons (Fsp3) is 0.786. The maximum Gasteiger partial charge on any atom is 0.410 e. The number of ether oxygens (including phenoxy) is 1. The molecule has 0 spiro atoms. The summed E-state index contributed by atoms with van der Waals surface area (Å²) in [5, 5.41) is 0. The maximum absolute atomic E-state index is 11.7. The lowest BCUT2D eigenvalue weighted by Gasteiger charge is -2.19. The molecular weight excluding hydrogens is 228 g/mol. The first-order valence-corrected chi connectivity index (χ1v) is 6.95. The van der Waals surface area contributed by atoms with Crippen LogP contribution in [0.1, 0.15) is 32.6 Å². The Morgan fingerprint density at radius 1 is 1.28 bits per heavy atom. The van der Waals surface area contributed by atoms with Crippen LogP contribution in [-0.4, -0.2) is 54.7 Å². The van der Waals surface area contributed by atoms with Crippen LogP contribution in [0.5, 0.6) is 0 Å². The normalized spacial score (nSPS) is 23.8. The number of likely N-dealkylation sites (tertiary alicyclic amines) is 2. The average molecular weight is 250 g/mol. The molecule has 100 valence electrons. The molecule has 18 heavy (non-hydrogen) atoms. The van der Waals surface area contributed by atoms with Crippen LogP contribution in [0, 0.1) is 11.8 Å². The second-order valence-corrected chi connectivity index (χ2v) is 4.85. The van der Waals surface area contributed by atoms with Crippen molar-refractivity contribution in [1.82, 2.24) is 9.80 Å². The number of nitrogens with zero attached hydrogens (tertiary/aromatic N) is 2. The molecule has 0 bridgehead atoms. The molecule has 0 radical (unpaired) electrons. The van der Waals surface area contributed by atoms with Crippen LogP contribution in [0.25, 0.3) is 0 Å². The molecule has 0 N–H and O–H groups in total. The van der Waals surface area contributed by atoms with Crippen molar-refractivity contribution in [2.75, 3.05) is 32.8 Å². The number of amides is 1. The van der Waals surface area contributed by atoms with E-state index in [9.17, 15) is 4.79 Å². The van der Waals surface area contributed by atoms with Crippen molar-refractivity contribution >= 4 is 6.09 Å². The quantitative estimate of drug-likeness (QED) is 0.699. The summed E-state index contributed by atoms with van der Waals surface area (Å²) in [4.78, 5) is 15.8. The van der Waals surface area contributed by atoms with Crippen molar-refractivity contribution in [3.05, 3.63) is 0 Å².